The van der Waals surface area contributed by atoms with Gasteiger partial charge in [-0.3, -0.25) is 0 Å². The molecule has 0 saturated carbocycles. The Morgan fingerprint density at radius 2 is 0.833 bits per heavy atom. The number of nitrogens with zero attached hydrogens (tertiary/aromatic N) is 2. The van der Waals surface area contributed by atoms with Crippen LogP contribution >= 0.6 is 15.9 Å². The number of rotatable bonds is 6. The molecule has 0 aliphatic carbocycles. The molecule has 2 aromatic rings. The van der Waals surface area contributed by atoms with E-state index >= 15 is 0 Å². The molecule has 0 N–H and O–H groups in total. The van der Waals surface area contributed by atoms with Gasteiger partial charge in [-0.15, -0.1) is 0 Å². The summed E-state index contributed by atoms with van der Waals surface area (Å²) < 4.78 is 56.9. The van der Waals surface area contributed by atoms with Crippen molar-refractivity contribution in [3.8, 4) is 23.3 Å². The van der Waals surface area contributed by atoms with Crippen molar-refractivity contribution in [2.24, 2.45) is 0 Å². The van der Waals surface area contributed by atoms with Crippen LogP contribution in [0.25, 0.3) is 0 Å². The molecule has 3 aliphatic rings. The van der Waals surface area contributed by atoms with E-state index in [0.717, 1.165) is 9.94 Å². The lowest BCUT2D eigenvalue weighted by molar-refractivity contribution is 0.00578. The zero-order chi connectivity index (χ0) is 36.5. The van der Waals surface area contributed by atoms with Crippen molar-refractivity contribution in [3.63, 3.8) is 0 Å². The van der Waals surface area contributed by atoms with Crippen LogP contribution in [0.1, 0.15) is 83.1 Å². The topological polar surface area (TPSA) is 118 Å². The van der Waals surface area contributed by atoms with Crippen LogP contribution < -0.4 is 24.4 Å². The van der Waals surface area contributed by atoms with E-state index in [2.05, 4.69) is 25.9 Å². The molecule has 5 rings (SSSR count). The van der Waals surface area contributed by atoms with Gasteiger partial charge in [-0.1, -0.05) is 0 Å². The normalized spacial score (nSPS) is 22.2. The van der Waals surface area contributed by atoms with Gasteiger partial charge in [0, 0.05) is 28.4 Å². The van der Waals surface area contributed by atoms with Gasteiger partial charge >= 0.3 is 21.1 Å². The summed E-state index contributed by atoms with van der Waals surface area (Å²) in [5.41, 5.74) is -1.36. The maximum atomic E-state index is 5.96. The molecular formula is C32H52B3BrN2O10. The molecule has 0 unspecified atom stereocenters. The monoisotopic (exact) mass is 736 g/mol. The highest BCUT2D eigenvalue weighted by molar-refractivity contribution is 9.10. The highest BCUT2D eigenvalue weighted by Gasteiger charge is 2.63. The molecule has 0 aromatic carbocycles. The Labute approximate surface area is 296 Å². The highest BCUT2D eigenvalue weighted by Crippen LogP contribution is 2.43. The summed E-state index contributed by atoms with van der Waals surface area (Å²) in [7, 11) is 4.86. The third-order valence-corrected chi connectivity index (χ3v) is 10.2. The van der Waals surface area contributed by atoms with Crippen LogP contribution in [0.5, 0.6) is 23.3 Å². The molecule has 0 atom stereocenters. The summed E-state index contributed by atoms with van der Waals surface area (Å²) in [6.45, 7) is 24.3. The Morgan fingerprint density at radius 3 is 1.19 bits per heavy atom. The smallest absolute Gasteiger partial charge is 0.491 e. The summed E-state index contributed by atoms with van der Waals surface area (Å²) in [4.78, 5) is 8.17. The summed E-state index contributed by atoms with van der Waals surface area (Å²) in [5.74, 6) is 2.13. The van der Waals surface area contributed by atoms with Crippen molar-refractivity contribution in [2.75, 3.05) is 28.4 Å². The number of aromatic nitrogens is 2. The van der Waals surface area contributed by atoms with Gasteiger partial charge in [-0.05, 0) is 105 Å². The summed E-state index contributed by atoms with van der Waals surface area (Å²) in [6.07, 6.45) is 3.34. The van der Waals surface area contributed by atoms with E-state index in [4.69, 9.17) is 46.9 Å². The van der Waals surface area contributed by atoms with Crippen LogP contribution in [-0.4, -0.2) is 93.2 Å². The average molecular weight is 737 g/mol. The average Bonchev–Trinajstić information content (AvgIpc) is 3.46. The molecule has 3 fully saturated rings. The second-order valence-corrected chi connectivity index (χ2v) is 15.6. The van der Waals surface area contributed by atoms with Gasteiger partial charge in [0.25, 0.3) is 11.8 Å². The quantitative estimate of drug-likeness (QED) is 0.348. The molecule has 266 valence electrons. The van der Waals surface area contributed by atoms with Gasteiger partial charge < -0.3 is 46.9 Å². The summed E-state index contributed by atoms with van der Waals surface area (Å²) in [5, 5.41) is 0. The van der Waals surface area contributed by atoms with Crippen LogP contribution in [0.2, 0.25) is 0 Å². The minimum Gasteiger partial charge on any atom is -0.491 e. The Balaban J connectivity index is 0.000000203. The SMILES string of the molecule is CC1(C)OB(B2OC(C)(C)C(C)(C)O2)OC1(C)C.COc1cc(B2OC(C)(C)C(C)(C)O2)cnc1OC.COc1cc(Br)cnc1OC. The first kappa shape index (κ1) is 40.4. The highest BCUT2D eigenvalue weighted by atomic mass is 79.9. The van der Waals surface area contributed by atoms with E-state index < -0.39 is 21.1 Å². The number of hydrogen-bond acceptors (Lipinski definition) is 12. The van der Waals surface area contributed by atoms with Gasteiger partial charge in [-0.25, -0.2) is 9.97 Å². The zero-order valence-corrected chi connectivity index (χ0v) is 33.0. The molecule has 12 nitrogen and oxygen atoms in total. The maximum absolute atomic E-state index is 5.96. The molecule has 0 spiro atoms. The predicted molar refractivity (Wildman–Crippen MR) is 190 cm³/mol. The largest absolute Gasteiger partial charge is 0.496 e. The van der Waals surface area contributed by atoms with Crippen LogP contribution in [-0.2, 0) is 27.9 Å². The van der Waals surface area contributed by atoms with Crippen LogP contribution in [0, 0.1) is 0 Å². The van der Waals surface area contributed by atoms with E-state index in [1.165, 1.54) is 0 Å². The van der Waals surface area contributed by atoms with E-state index in [9.17, 15) is 0 Å². The molecule has 2 aromatic heterocycles. The van der Waals surface area contributed by atoms with Crippen LogP contribution in [0.15, 0.2) is 29.0 Å². The molecule has 0 bridgehead atoms. The minimum absolute atomic E-state index is 0.360. The van der Waals surface area contributed by atoms with Gasteiger partial charge in [0.1, 0.15) is 0 Å². The van der Waals surface area contributed by atoms with Gasteiger partial charge in [0.05, 0.1) is 62.0 Å². The van der Waals surface area contributed by atoms with Gasteiger partial charge in [-0.2, -0.15) is 0 Å². The van der Waals surface area contributed by atoms with Crippen molar-refractivity contribution in [2.45, 2.75) is 117 Å². The van der Waals surface area contributed by atoms with E-state index in [0.29, 0.717) is 23.3 Å². The second kappa shape index (κ2) is 14.7. The second-order valence-electron chi connectivity index (χ2n) is 14.7. The number of halogens is 1. The lowest BCUT2D eigenvalue weighted by Gasteiger charge is -2.32. The predicted octanol–water partition coefficient (Wildman–Crippen LogP) is 5.51. The molecule has 0 radical (unpaired) electrons. The van der Waals surface area contributed by atoms with Gasteiger partial charge in [0.2, 0.25) is 0 Å². The van der Waals surface area contributed by atoms with Crippen LogP contribution in [0.3, 0.4) is 0 Å². The van der Waals surface area contributed by atoms with E-state index in [1.54, 1.807) is 46.9 Å². The number of hydrogen-bond donors (Lipinski definition) is 0. The maximum Gasteiger partial charge on any atom is 0.496 e. The third kappa shape index (κ3) is 8.62. The number of methoxy groups -OCH3 is 4. The fourth-order valence-corrected chi connectivity index (χ4v) is 4.87. The zero-order valence-electron chi connectivity index (χ0n) is 31.4. The number of pyridine rings is 2. The third-order valence-electron chi connectivity index (χ3n) is 9.74. The fraction of sp³-hybridized carbons (Fsp3) is 0.688. The van der Waals surface area contributed by atoms with Crippen molar-refractivity contribution in [1.82, 2.24) is 9.97 Å². The molecule has 5 heterocycles. The van der Waals surface area contributed by atoms with Gasteiger partial charge in [0.15, 0.2) is 11.5 Å². The Hall–Kier alpha value is -2.07. The van der Waals surface area contributed by atoms with Crippen molar-refractivity contribution >= 4 is 42.5 Å². The van der Waals surface area contributed by atoms with Crippen molar-refractivity contribution < 1.29 is 46.9 Å². The molecule has 0 amide bonds. The first-order valence-electron chi connectivity index (χ1n) is 15.8. The lowest BCUT2D eigenvalue weighted by Crippen LogP contribution is -2.41. The van der Waals surface area contributed by atoms with E-state index in [-0.39, 0.29) is 33.6 Å². The van der Waals surface area contributed by atoms with Crippen molar-refractivity contribution in [1.29, 1.82) is 0 Å². The first-order chi connectivity index (χ1) is 22.0. The number of ether oxygens (including phenoxy) is 4. The molecule has 48 heavy (non-hydrogen) atoms. The Bertz CT molecular complexity index is 1330. The minimum atomic E-state index is -0.476. The molecular weight excluding hydrogens is 685 g/mol. The first-order valence-corrected chi connectivity index (χ1v) is 16.6. The summed E-state index contributed by atoms with van der Waals surface area (Å²) in [6, 6.07) is 3.62. The molecule has 3 aliphatic heterocycles. The standard InChI is InChI=1S/C13H20BNO4.C12H24B2O4.C7H8BrNO2/c1-12(2)13(3,4)19-14(18-12)9-7-10(16-5)11(17-6)15-8-9;1-9(2)10(3,4)16-13(15-9)14-17-11(5,6)12(7,8)18-14;1-10-6-3-5(8)4-9-7(6)11-2/h7-8H,1-6H3;1-8H3;3-4H,1-2H3. The molecule has 16 heteroatoms. The molecule has 3 saturated heterocycles. The summed E-state index contributed by atoms with van der Waals surface area (Å²) >= 11 is 3.27. The van der Waals surface area contributed by atoms with Crippen LogP contribution in [0.4, 0.5) is 0 Å². The van der Waals surface area contributed by atoms with Crippen molar-refractivity contribution in [3.05, 3.63) is 29.0 Å². The Kier molecular flexibility index (Phi) is 12.3. The Morgan fingerprint density at radius 1 is 0.500 bits per heavy atom. The lowest BCUT2D eigenvalue weighted by atomic mass is 9.49. The van der Waals surface area contributed by atoms with E-state index in [1.807, 2.05) is 89.2 Å². The fourth-order valence-electron chi connectivity index (χ4n) is 4.56.